The summed E-state index contributed by atoms with van der Waals surface area (Å²) in [5.74, 6) is 0.727. The minimum absolute atomic E-state index is 0.0815. The number of rotatable bonds is 5. The van der Waals surface area contributed by atoms with Crippen LogP contribution >= 0.6 is 0 Å². The number of sulfone groups is 1. The van der Waals surface area contributed by atoms with Crippen LogP contribution in [0.25, 0.3) is 0 Å². The number of nitrogens with zero attached hydrogens (tertiary/aromatic N) is 2. The summed E-state index contributed by atoms with van der Waals surface area (Å²) in [7, 11) is -3.19. The maximum Gasteiger partial charge on any atom is 0.227 e. The van der Waals surface area contributed by atoms with E-state index in [0.29, 0.717) is 18.9 Å². The maximum atomic E-state index is 11.4. The molecule has 1 aliphatic rings. The van der Waals surface area contributed by atoms with Gasteiger partial charge in [0, 0.05) is 12.7 Å². The molecular formula is C11H19N3O3S. The summed E-state index contributed by atoms with van der Waals surface area (Å²) in [6, 6.07) is 0. The lowest BCUT2D eigenvalue weighted by Gasteiger charge is -2.39. The molecule has 0 amide bonds. The van der Waals surface area contributed by atoms with Gasteiger partial charge in [0.2, 0.25) is 5.89 Å². The summed E-state index contributed by atoms with van der Waals surface area (Å²) < 4.78 is 27.9. The molecular weight excluding hydrogens is 254 g/mol. The quantitative estimate of drug-likeness (QED) is 0.853. The van der Waals surface area contributed by atoms with Gasteiger partial charge in [-0.15, -0.1) is 0 Å². The van der Waals surface area contributed by atoms with E-state index in [0.717, 1.165) is 12.8 Å². The zero-order valence-electron chi connectivity index (χ0n) is 10.7. The number of hydrogen-bond acceptors (Lipinski definition) is 6. The highest BCUT2D eigenvalue weighted by Crippen LogP contribution is 2.42. The molecule has 2 N–H and O–H groups in total. The van der Waals surface area contributed by atoms with Crippen molar-refractivity contribution in [3.8, 4) is 0 Å². The van der Waals surface area contributed by atoms with Crippen molar-refractivity contribution in [2.75, 3.05) is 12.8 Å². The molecule has 1 aromatic rings. The smallest absolute Gasteiger partial charge is 0.227 e. The Bertz CT molecular complexity index is 514. The topological polar surface area (TPSA) is 99.1 Å². The van der Waals surface area contributed by atoms with Crippen LogP contribution in [0.5, 0.6) is 0 Å². The van der Waals surface area contributed by atoms with Crippen molar-refractivity contribution < 1.29 is 12.9 Å². The van der Waals surface area contributed by atoms with Crippen molar-refractivity contribution in [3.63, 3.8) is 0 Å². The van der Waals surface area contributed by atoms with Gasteiger partial charge in [0.1, 0.15) is 5.25 Å². The van der Waals surface area contributed by atoms with Crippen LogP contribution in [0.15, 0.2) is 4.52 Å². The molecule has 1 fully saturated rings. The van der Waals surface area contributed by atoms with Crippen LogP contribution in [-0.4, -0.2) is 31.4 Å². The van der Waals surface area contributed by atoms with E-state index in [1.807, 2.05) is 0 Å². The van der Waals surface area contributed by atoms with Crippen molar-refractivity contribution in [2.45, 2.75) is 37.9 Å². The van der Waals surface area contributed by atoms with Gasteiger partial charge >= 0.3 is 0 Å². The lowest BCUT2D eigenvalue weighted by molar-refractivity contribution is 0.129. The molecule has 7 heteroatoms. The van der Waals surface area contributed by atoms with E-state index in [1.165, 1.54) is 12.7 Å². The zero-order valence-corrected chi connectivity index (χ0v) is 11.5. The van der Waals surface area contributed by atoms with E-state index in [-0.39, 0.29) is 11.2 Å². The van der Waals surface area contributed by atoms with Crippen LogP contribution in [0.3, 0.4) is 0 Å². The Hall–Kier alpha value is -0.950. The molecule has 0 saturated heterocycles. The summed E-state index contributed by atoms with van der Waals surface area (Å²) >= 11 is 0. The Labute approximate surface area is 107 Å². The molecule has 1 aliphatic carbocycles. The van der Waals surface area contributed by atoms with Crippen molar-refractivity contribution in [3.05, 3.63) is 11.7 Å². The highest BCUT2D eigenvalue weighted by atomic mass is 32.2. The maximum absolute atomic E-state index is 11.4. The molecule has 1 unspecified atom stereocenters. The van der Waals surface area contributed by atoms with Gasteiger partial charge in [0.15, 0.2) is 15.7 Å². The summed E-state index contributed by atoms with van der Waals surface area (Å²) in [4.78, 5) is 4.18. The third-order valence-corrected chi connectivity index (χ3v) is 5.36. The Kier molecular flexibility index (Phi) is 3.46. The van der Waals surface area contributed by atoms with Gasteiger partial charge in [-0.05, 0) is 31.7 Å². The number of hydrogen-bond donors (Lipinski definition) is 1. The van der Waals surface area contributed by atoms with E-state index >= 15 is 0 Å². The first-order valence-corrected chi connectivity index (χ1v) is 8.03. The van der Waals surface area contributed by atoms with Gasteiger partial charge in [0.05, 0.1) is 0 Å². The first kappa shape index (κ1) is 13.5. The second kappa shape index (κ2) is 4.62. The zero-order chi connectivity index (χ0) is 13.4. The SMILES string of the molecule is CC(c1noc(CC2(CN)CCC2)n1)S(C)(=O)=O. The van der Waals surface area contributed by atoms with Gasteiger partial charge in [-0.3, -0.25) is 0 Å². The normalized spacial score (nSPS) is 20.4. The van der Waals surface area contributed by atoms with Gasteiger partial charge < -0.3 is 10.3 Å². The summed E-state index contributed by atoms with van der Waals surface area (Å²) in [5, 5.41) is 3.02. The van der Waals surface area contributed by atoms with Crippen LogP contribution in [0, 0.1) is 5.41 Å². The fraction of sp³-hybridized carbons (Fsp3) is 0.818. The standard InChI is InChI=1S/C11H19N3O3S/c1-8(18(2,15)16)10-13-9(17-14-10)6-11(7-12)4-3-5-11/h8H,3-7,12H2,1-2H3. The minimum atomic E-state index is -3.19. The molecule has 0 aliphatic heterocycles. The molecule has 18 heavy (non-hydrogen) atoms. The summed E-state index contributed by atoms with van der Waals surface area (Å²) in [6.07, 6.45) is 5.14. The Morgan fingerprint density at radius 3 is 2.61 bits per heavy atom. The predicted octanol–water partition coefficient (Wildman–Crippen LogP) is 0.847. The van der Waals surface area contributed by atoms with Crippen LogP contribution < -0.4 is 5.73 Å². The monoisotopic (exact) mass is 273 g/mol. The van der Waals surface area contributed by atoms with E-state index in [1.54, 1.807) is 6.92 Å². The third-order valence-electron chi connectivity index (χ3n) is 3.86. The van der Waals surface area contributed by atoms with E-state index in [2.05, 4.69) is 10.1 Å². The fourth-order valence-electron chi connectivity index (χ4n) is 2.15. The Morgan fingerprint density at radius 1 is 1.50 bits per heavy atom. The van der Waals surface area contributed by atoms with Crippen molar-refractivity contribution in [2.24, 2.45) is 11.1 Å². The molecule has 6 nitrogen and oxygen atoms in total. The first-order chi connectivity index (χ1) is 8.36. The largest absolute Gasteiger partial charge is 0.339 e. The highest BCUT2D eigenvalue weighted by Gasteiger charge is 2.37. The molecule has 0 bridgehead atoms. The molecule has 1 heterocycles. The van der Waals surface area contributed by atoms with E-state index in [4.69, 9.17) is 10.3 Å². The Morgan fingerprint density at radius 2 is 2.17 bits per heavy atom. The summed E-state index contributed by atoms with van der Waals surface area (Å²) in [6.45, 7) is 2.17. The van der Waals surface area contributed by atoms with Crippen LogP contribution in [0.4, 0.5) is 0 Å². The Balaban J connectivity index is 2.11. The summed E-state index contributed by atoms with van der Waals surface area (Å²) in [5.41, 5.74) is 5.85. The average molecular weight is 273 g/mol. The van der Waals surface area contributed by atoms with Crippen molar-refractivity contribution in [1.29, 1.82) is 0 Å². The van der Waals surface area contributed by atoms with E-state index < -0.39 is 15.1 Å². The molecule has 2 rings (SSSR count). The number of nitrogens with two attached hydrogens (primary N) is 1. The average Bonchev–Trinajstić information content (AvgIpc) is 2.69. The molecule has 102 valence electrons. The molecule has 0 radical (unpaired) electrons. The van der Waals surface area contributed by atoms with Gasteiger partial charge in [0.25, 0.3) is 0 Å². The highest BCUT2D eigenvalue weighted by molar-refractivity contribution is 7.90. The molecule has 0 spiro atoms. The minimum Gasteiger partial charge on any atom is -0.339 e. The van der Waals surface area contributed by atoms with Crippen molar-refractivity contribution >= 4 is 9.84 Å². The first-order valence-electron chi connectivity index (χ1n) is 6.08. The van der Waals surface area contributed by atoms with Gasteiger partial charge in [-0.25, -0.2) is 8.42 Å². The van der Waals surface area contributed by atoms with Crippen LogP contribution in [0.2, 0.25) is 0 Å². The second-order valence-electron chi connectivity index (χ2n) is 5.25. The van der Waals surface area contributed by atoms with Gasteiger partial charge in [-0.2, -0.15) is 4.98 Å². The predicted molar refractivity (Wildman–Crippen MR) is 66.6 cm³/mol. The van der Waals surface area contributed by atoms with Crippen LogP contribution in [-0.2, 0) is 16.3 Å². The third kappa shape index (κ3) is 2.56. The van der Waals surface area contributed by atoms with E-state index in [9.17, 15) is 8.42 Å². The van der Waals surface area contributed by atoms with Crippen molar-refractivity contribution in [1.82, 2.24) is 10.1 Å². The molecule has 1 saturated carbocycles. The molecule has 1 aromatic heterocycles. The molecule has 0 aromatic carbocycles. The van der Waals surface area contributed by atoms with Gasteiger partial charge in [-0.1, -0.05) is 11.6 Å². The van der Waals surface area contributed by atoms with Crippen LogP contribution in [0.1, 0.15) is 43.2 Å². The number of aromatic nitrogens is 2. The second-order valence-corrected chi connectivity index (χ2v) is 7.62. The lowest BCUT2D eigenvalue weighted by atomic mass is 9.67. The fourth-order valence-corrected chi connectivity index (χ4v) is 2.63. The lowest BCUT2D eigenvalue weighted by Crippen LogP contribution is -2.39. The molecule has 1 atom stereocenters.